The topological polar surface area (TPSA) is 98.7 Å². The highest BCUT2D eigenvalue weighted by molar-refractivity contribution is 5.77. The first-order valence-corrected chi connectivity index (χ1v) is 9.73. The highest BCUT2D eigenvalue weighted by Gasteiger charge is 2.34. The molecule has 7 nitrogen and oxygen atoms in total. The monoisotopic (exact) mass is 403 g/mol. The molecule has 2 atom stereocenters. The number of ether oxygens (including phenoxy) is 1. The third-order valence-electron chi connectivity index (χ3n) is 5.35. The fourth-order valence-electron chi connectivity index (χ4n) is 3.78. The van der Waals surface area contributed by atoms with Crippen LogP contribution in [0, 0.1) is 25.6 Å². The van der Waals surface area contributed by atoms with Gasteiger partial charge in [0.25, 0.3) is 0 Å². The summed E-state index contributed by atoms with van der Waals surface area (Å²) in [6.45, 7) is 4.62. The minimum Gasteiger partial charge on any atom is -0.490 e. The molecule has 0 bridgehead atoms. The molecule has 0 unspecified atom stereocenters. The largest absolute Gasteiger partial charge is 0.490 e. The molecule has 2 amide bonds. The fourth-order valence-corrected chi connectivity index (χ4v) is 3.78. The maximum absolute atomic E-state index is 13.1. The van der Waals surface area contributed by atoms with Crippen LogP contribution in [0.4, 0.5) is 4.39 Å². The molecule has 1 fully saturated rings. The van der Waals surface area contributed by atoms with Gasteiger partial charge in [-0.15, -0.1) is 0 Å². The number of halogens is 1. The highest BCUT2D eigenvalue weighted by Crippen LogP contribution is 2.26. The van der Waals surface area contributed by atoms with E-state index in [1.54, 1.807) is 17.0 Å². The average Bonchev–Trinajstić information content (AvgIpc) is 3.00. The van der Waals surface area contributed by atoms with E-state index in [9.17, 15) is 14.0 Å². The van der Waals surface area contributed by atoms with Crippen LogP contribution in [-0.2, 0) is 16.0 Å². The van der Waals surface area contributed by atoms with Crippen molar-refractivity contribution in [3.05, 3.63) is 47.1 Å². The Balaban J connectivity index is 1.61. The van der Waals surface area contributed by atoms with E-state index in [0.717, 1.165) is 17.0 Å². The van der Waals surface area contributed by atoms with Gasteiger partial charge in [-0.2, -0.15) is 0 Å². The zero-order chi connectivity index (χ0) is 21.0. The third-order valence-corrected chi connectivity index (χ3v) is 5.35. The molecule has 2 N–H and O–H groups in total. The molecule has 0 radical (unpaired) electrons. The molecule has 1 aromatic carbocycles. The Morgan fingerprint density at radius 3 is 2.66 bits per heavy atom. The van der Waals surface area contributed by atoms with Gasteiger partial charge in [0, 0.05) is 43.8 Å². The first-order chi connectivity index (χ1) is 13.8. The van der Waals surface area contributed by atoms with Crippen molar-refractivity contribution in [2.75, 3.05) is 13.1 Å². The van der Waals surface area contributed by atoms with E-state index in [-0.39, 0.29) is 30.2 Å². The van der Waals surface area contributed by atoms with Crippen molar-refractivity contribution < 1.29 is 23.2 Å². The number of amides is 2. The average molecular weight is 403 g/mol. The van der Waals surface area contributed by atoms with Gasteiger partial charge in [-0.3, -0.25) is 9.59 Å². The molecule has 29 heavy (non-hydrogen) atoms. The second-order valence-electron chi connectivity index (χ2n) is 7.47. The number of hydrogen-bond donors (Lipinski definition) is 1. The Morgan fingerprint density at radius 1 is 1.31 bits per heavy atom. The summed E-state index contributed by atoms with van der Waals surface area (Å²) in [4.78, 5) is 26.0. The molecule has 0 aliphatic carbocycles. The summed E-state index contributed by atoms with van der Waals surface area (Å²) in [6, 6.07) is 5.76. The number of piperidine rings is 1. The highest BCUT2D eigenvalue weighted by atomic mass is 19.1. The van der Waals surface area contributed by atoms with Crippen molar-refractivity contribution in [1.29, 1.82) is 0 Å². The van der Waals surface area contributed by atoms with Crippen LogP contribution in [0.5, 0.6) is 5.75 Å². The van der Waals surface area contributed by atoms with Crippen LogP contribution >= 0.6 is 0 Å². The zero-order valence-electron chi connectivity index (χ0n) is 16.7. The van der Waals surface area contributed by atoms with Gasteiger partial charge in [-0.05, 0) is 44.5 Å². The van der Waals surface area contributed by atoms with E-state index >= 15 is 0 Å². The van der Waals surface area contributed by atoms with Gasteiger partial charge in [0.1, 0.15) is 23.4 Å². The molecule has 156 valence electrons. The Bertz CT molecular complexity index is 846. The van der Waals surface area contributed by atoms with Crippen LogP contribution in [0.2, 0.25) is 0 Å². The number of carbonyl (C=O) groups excluding carboxylic acids is 2. The molecule has 3 rings (SSSR count). The van der Waals surface area contributed by atoms with E-state index in [0.29, 0.717) is 38.1 Å². The summed E-state index contributed by atoms with van der Waals surface area (Å²) in [5.41, 5.74) is 7.17. The van der Waals surface area contributed by atoms with Crippen LogP contribution < -0.4 is 10.5 Å². The summed E-state index contributed by atoms with van der Waals surface area (Å²) in [7, 11) is 0. The molecule has 2 aromatic rings. The summed E-state index contributed by atoms with van der Waals surface area (Å²) in [6.07, 6.45) is 1.34. The molecule has 0 saturated carbocycles. The van der Waals surface area contributed by atoms with Gasteiger partial charge in [-0.1, -0.05) is 5.16 Å². The Kier molecular flexibility index (Phi) is 6.51. The molecule has 8 heteroatoms. The first-order valence-electron chi connectivity index (χ1n) is 9.73. The van der Waals surface area contributed by atoms with E-state index in [1.807, 2.05) is 13.8 Å². The van der Waals surface area contributed by atoms with Gasteiger partial charge < -0.3 is 19.9 Å². The predicted molar refractivity (Wildman–Crippen MR) is 104 cm³/mol. The van der Waals surface area contributed by atoms with Crippen LogP contribution in [0.3, 0.4) is 0 Å². The molecule has 0 spiro atoms. The second kappa shape index (κ2) is 9.07. The van der Waals surface area contributed by atoms with Gasteiger partial charge in [0.15, 0.2) is 0 Å². The number of primary amides is 1. The minimum absolute atomic E-state index is 0.0136. The van der Waals surface area contributed by atoms with E-state index in [4.69, 9.17) is 15.0 Å². The molecule has 1 saturated heterocycles. The van der Waals surface area contributed by atoms with Crippen LogP contribution in [-0.4, -0.2) is 41.1 Å². The number of aromatic nitrogens is 1. The summed E-state index contributed by atoms with van der Waals surface area (Å²) < 4.78 is 24.2. The third kappa shape index (κ3) is 5.34. The lowest BCUT2D eigenvalue weighted by atomic mass is 9.90. The van der Waals surface area contributed by atoms with E-state index in [1.165, 1.54) is 12.1 Å². The normalized spacial score (nSPS) is 19.2. The number of nitrogens with two attached hydrogens (primary N) is 1. The number of likely N-dealkylation sites (tertiary alicyclic amines) is 1. The quantitative estimate of drug-likeness (QED) is 0.766. The van der Waals surface area contributed by atoms with Crippen molar-refractivity contribution in [3.8, 4) is 5.75 Å². The van der Waals surface area contributed by atoms with Crippen molar-refractivity contribution in [3.63, 3.8) is 0 Å². The molecule has 2 heterocycles. The summed E-state index contributed by atoms with van der Waals surface area (Å²) in [5.74, 6) is 0.281. The van der Waals surface area contributed by atoms with Crippen molar-refractivity contribution in [2.45, 2.75) is 45.6 Å². The van der Waals surface area contributed by atoms with Gasteiger partial charge >= 0.3 is 0 Å². The lowest BCUT2D eigenvalue weighted by Crippen LogP contribution is -2.49. The molecule has 1 aliphatic heterocycles. The maximum atomic E-state index is 13.1. The lowest BCUT2D eigenvalue weighted by Gasteiger charge is -2.38. The molecular formula is C21H26FN3O4. The number of carbonyl (C=O) groups is 2. The standard InChI is InChI=1S/C21H26FN3O4/c1-13-18(14(2)29-24-13)7-8-21(27)25-10-9-19(15(12-25)11-20(23)26)28-17-5-3-16(22)4-6-17/h3-6,15,19H,7-12H2,1-2H3,(H2,23,26)/t15-,19-/m0/s1. The van der Waals surface area contributed by atoms with Crippen molar-refractivity contribution in [1.82, 2.24) is 10.1 Å². The summed E-state index contributed by atoms with van der Waals surface area (Å²) >= 11 is 0. The molecule has 1 aromatic heterocycles. The van der Waals surface area contributed by atoms with E-state index < -0.39 is 5.91 Å². The second-order valence-corrected chi connectivity index (χ2v) is 7.47. The summed E-state index contributed by atoms with van der Waals surface area (Å²) in [5, 5.41) is 3.92. The number of rotatable bonds is 7. The SMILES string of the molecule is Cc1noc(C)c1CCC(=O)N1CC[C@H](Oc2ccc(F)cc2)[C@@H](CC(N)=O)C1. The molecule has 1 aliphatic rings. The lowest BCUT2D eigenvalue weighted by molar-refractivity contribution is -0.136. The Labute approximate surface area is 169 Å². The van der Waals surface area contributed by atoms with E-state index in [2.05, 4.69) is 5.16 Å². The van der Waals surface area contributed by atoms with Gasteiger partial charge in [0.2, 0.25) is 11.8 Å². The minimum atomic E-state index is -0.437. The number of aryl methyl sites for hydroxylation is 2. The predicted octanol–water partition coefficient (Wildman–Crippen LogP) is 2.53. The Morgan fingerprint density at radius 2 is 2.03 bits per heavy atom. The van der Waals surface area contributed by atoms with Crippen LogP contribution in [0.1, 0.15) is 36.3 Å². The number of nitrogens with zero attached hydrogens (tertiary/aromatic N) is 2. The maximum Gasteiger partial charge on any atom is 0.222 e. The van der Waals surface area contributed by atoms with Crippen molar-refractivity contribution in [2.24, 2.45) is 11.7 Å². The number of benzene rings is 1. The molecular weight excluding hydrogens is 377 g/mol. The van der Waals surface area contributed by atoms with Gasteiger partial charge in [-0.25, -0.2) is 4.39 Å². The van der Waals surface area contributed by atoms with Crippen LogP contribution in [0.15, 0.2) is 28.8 Å². The fraction of sp³-hybridized carbons (Fsp3) is 0.476. The van der Waals surface area contributed by atoms with Gasteiger partial charge in [0.05, 0.1) is 5.69 Å². The van der Waals surface area contributed by atoms with Crippen LogP contribution in [0.25, 0.3) is 0 Å². The Hall–Kier alpha value is -2.90. The zero-order valence-corrected chi connectivity index (χ0v) is 16.7. The first kappa shape index (κ1) is 20.8. The van der Waals surface area contributed by atoms with Crippen molar-refractivity contribution >= 4 is 11.8 Å². The number of hydrogen-bond acceptors (Lipinski definition) is 5. The smallest absolute Gasteiger partial charge is 0.222 e.